The van der Waals surface area contributed by atoms with Crippen molar-refractivity contribution < 1.29 is 14.3 Å². The number of fused-ring (bicyclic) bond motifs is 1. The zero-order valence-electron chi connectivity index (χ0n) is 15.3. The fourth-order valence-corrected chi connectivity index (χ4v) is 2.57. The van der Waals surface area contributed by atoms with Crippen LogP contribution in [0.15, 0.2) is 18.2 Å². The van der Waals surface area contributed by atoms with Gasteiger partial charge in [0.1, 0.15) is 5.75 Å². The standard InChI is InChI=1S/C19H28N2O3/c1-12(2)8-9-21-11-15-10-16(20-18(22)13(3)4)6-7-17(15)24-14(5)19(21)23/h6-7,10,12-14H,8-9,11H2,1-5H3,(H,20,22). The molecule has 5 nitrogen and oxygen atoms in total. The molecule has 1 unspecified atom stereocenters. The quantitative estimate of drug-likeness (QED) is 0.898. The van der Waals surface area contributed by atoms with Crippen LogP contribution in [0.2, 0.25) is 0 Å². The van der Waals surface area contributed by atoms with Crippen LogP contribution in [0.1, 0.15) is 46.6 Å². The summed E-state index contributed by atoms with van der Waals surface area (Å²) in [5.41, 5.74) is 1.67. The third-order valence-corrected chi connectivity index (χ3v) is 4.15. The van der Waals surface area contributed by atoms with Gasteiger partial charge in [0.15, 0.2) is 6.10 Å². The largest absolute Gasteiger partial charge is 0.481 e. The van der Waals surface area contributed by atoms with Gasteiger partial charge in [0, 0.05) is 30.3 Å². The van der Waals surface area contributed by atoms with E-state index < -0.39 is 6.10 Å². The van der Waals surface area contributed by atoms with Gasteiger partial charge in [-0.1, -0.05) is 27.7 Å². The lowest BCUT2D eigenvalue weighted by atomic mass is 10.1. The monoisotopic (exact) mass is 332 g/mol. The van der Waals surface area contributed by atoms with E-state index in [0.29, 0.717) is 24.8 Å². The highest BCUT2D eigenvalue weighted by molar-refractivity contribution is 5.92. The Morgan fingerprint density at radius 2 is 2.04 bits per heavy atom. The first-order valence-electron chi connectivity index (χ1n) is 8.67. The molecule has 1 aromatic rings. The number of hydrogen-bond acceptors (Lipinski definition) is 3. The van der Waals surface area contributed by atoms with Crippen LogP contribution in [0.3, 0.4) is 0 Å². The average Bonchev–Trinajstić information content (AvgIpc) is 2.63. The van der Waals surface area contributed by atoms with E-state index >= 15 is 0 Å². The minimum absolute atomic E-state index is 0.0135. The molecule has 0 aliphatic carbocycles. The minimum Gasteiger partial charge on any atom is -0.481 e. The second-order valence-corrected chi connectivity index (χ2v) is 7.17. The van der Waals surface area contributed by atoms with Crippen molar-refractivity contribution in [1.29, 1.82) is 0 Å². The fraction of sp³-hybridized carbons (Fsp3) is 0.579. The lowest BCUT2D eigenvalue weighted by molar-refractivity contribution is -0.137. The second kappa shape index (κ2) is 7.69. The smallest absolute Gasteiger partial charge is 0.263 e. The molecule has 0 bridgehead atoms. The number of anilines is 1. The molecule has 2 amide bonds. The topological polar surface area (TPSA) is 58.6 Å². The van der Waals surface area contributed by atoms with Gasteiger partial charge in [0.05, 0.1) is 0 Å². The molecule has 0 aromatic heterocycles. The molecule has 1 aromatic carbocycles. The minimum atomic E-state index is -0.491. The van der Waals surface area contributed by atoms with Crippen LogP contribution in [0.4, 0.5) is 5.69 Å². The third-order valence-electron chi connectivity index (χ3n) is 4.15. The number of amides is 2. The maximum atomic E-state index is 12.5. The second-order valence-electron chi connectivity index (χ2n) is 7.17. The van der Waals surface area contributed by atoms with Crippen LogP contribution in [-0.4, -0.2) is 29.4 Å². The molecule has 1 heterocycles. The maximum Gasteiger partial charge on any atom is 0.263 e. The van der Waals surface area contributed by atoms with Gasteiger partial charge in [-0.2, -0.15) is 0 Å². The van der Waals surface area contributed by atoms with Gasteiger partial charge in [0.25, 0.3) is 5.91 Å². The molecule has 1 aliphatic rings. The molecule has 0 spiro atoms. The van der Waals surface area contributed by atoms with E-state index in [9.17, 15) is 9.59 Å². The Morgan fingerprint density at radius 1 is 1.33 bits per heavy atom. The zero-order chi connectivity index (χ0) is 17.9. The fourth-order valence-electron chi connectivity index (χ4n) is 2.57. The van der Waals surface area contributed by atoms with E-state index in [1.165, 1.54) is 0 Å². The predicted octanol–water partition coefficient (Wildman–Crippen LogP) is 3.44. The average molecular weight is 332 g/mol. The Morgan fingerprint density at radius 3 is 2.67 bits per heavy atom. The van der Waals surface area contributed by atoms with Crippen molar-refractivity contribution in [2.75, 3.05) is 11.9 Å². The van der Waals surface area contributed by atoms with Crippen LogP contribution in [0, 0.1) is 11.8 Å². The molecule has 2 rings (SSSR count). The lowest BCUT2D eigenvalue weighted by Crippen LogP contribution is -2.38. The van der Waals surface area contributed by atoms with Crippen LogP contribution in [0.25, 0.3) is 0 Å². The van der Waals surface area contributed by atoms with Crippen molar-refractivity contribution >= 4 is 17.5 Å². The normalized spacial score (nSPS) is 17.5. The molecular formula is C19H28N2O3. The van der Waals surface area contributed by atoms with Crippen molar-refractivity contribution in [3.05, 3.63) is 23.8 Å². The van der Waals surface area contributed by atoms with Crippen molar-refractivity contribution in [2.45, 2.75) is 53.7 Å². The molecular weight excluding hydrogens is 304 g/mol. The van der Waals surface area contributed by atoms with Crippen molar-refractivity contribution in [1.82, 2.24) is 4.90 Å². The number of carbonyl (C=O) groups excluding carboxylic acids is 2. The van der Waals surface area contributed by atoms with Crippen molar-refractivity contribution in [3.63, 3.8) is 0 Å². The number of hydrogen-bond donors (Lipinski definition) is 1. The van der Waals surface area contributed by atoms with Gasteiger partial charge < -0.3 is 15.0 Å². The molecule has 1 aliphatic heterocycles. The van der Waals surface area contributed by atoms with Gasteiger partial charge in [-0.15, -0.1) is 0 Å². The number of nitrogens with one attached hydrogen (secondary N) is 1. The summed E-state index contributed by atoms with van der Waals surface area (Å²) >= 11 is 0. The molecule has 0 saturated heterocycles. The van der Waals surface area contributed by atoms with Crippen LogP contribution < -0.4 is 10.1 Å². The molecule has 24 heavy (non-hydrogen) atoms. The Labute approximate surface area is 144 Å². The van der Waals surface area contributed by atoms with Gasteiger partial charge in [-0.25, -0.2) is 0 Å². The highest BCUT2D eigenvalue weighted by Crippen LogP contribution is 2.29. The summed E-state index contributed by atoms with van der Waals surface area (Å²) in [5.74, 6) is 1.16. The summed E-state index contributed by atoms with van der Waals surface area (Å²) in [7, 11) is 0. The maximum absolute atomic E-state index is 12.5. The summed E-state index contributed by atoms with van der Waals surface area (Å²) in [6, 6.07) is 5.56. The molecule has 5 heteroatoms. The number of ether oxygens (including phenoxy) is 1. The highest BCUT2D eigenvalue weighted by Gasteiger charge is 2.27. The van der Waals surface area contributed by atoms with Crippen LogP contribution >= 0.6 is 0 Å². The van der Waals surface area contributed by atoms with Gasteiger partial charge in [0.2, 0.25) is 5.91 Å². The van der Waals surface area contributed by atoms with E-state index in [0.717, 1.165) is 17.7 Å². The van der Waals surface area contributed by atoms with E-state index in [1.54, 1.807) is 6.92 Å². The predicted molar refractivity (Wildman–Crippen MR) is 94.9 cm³/mol. The Hall–Kier alpha value is -2.04. The van der Waals surface area contributed by atoms with E-state index in [-0.39, 0.29) is 17.7 Å². The van der Waals surface area contributed by atoms with Gasteiger partial charge in [-0.3, -0.25) is 9.59 Å². The van der Waals surface area contributed by atoms with Crippen molar-refractivity contribution in [2.24, 2.45) is 11.8 Å². The van der Waals surface area contributed by atoms with Crippen molar-refractivity contribution in [3.8, 4) is 5.75 Å². The third kappa shape index (κ3) is 4.49. The van der Waals surface area contributed by atoms with Crippen LogP contribution in [-0.2, 0) is 16.1 Å². The summed E-state index contributed by atoms with van der Waals surface area (Å²) in [6.07, 6.45) is 0.465. The summed E-state index contributed by atoms with van der Waals surface area (Å²) in [6.45, 7) is 11.0. The summed E-state index contributed by atoms with van der Waals surface area (Å²) in [4.78, 5) is 26.2. The van der Waals surface area contributed by atoms with Gasteiger partial charge >= 0.3 is 0 Å². The van der Waals surface area contributed by atoms with Gasteiger partial charge in [-0.05, 0) is 37.5 Å². The van der Waals surface area contributed by atoms with E-state index in [4.69, 9.17) is 4.74 Å². The highest BCUT2D eigenvalue weighted by atomic mass is 16.5. The number of nitrogens with zero attached hydrogens (tertiary/aromatic N) is 1. The first-order valence-corrected chi connectivity index (χ1v) is 8.67. The summed E-state index contributed by atoms with van der Waals surface area (Å²) in [5, 5.41) is 2.90. The zero-order valence-corrected chi connectivity index (χ0v) is 15.3. The number of benzene rings is 1. The molecule has 0 saturated carbocycles. The van der Waals surface area contributed by atoms with E-state index in [1.807, 2.05) is 36.9 Å². The first-order chi connectivity index (χ1) is 11.3. The Bertz CT molecular complexity index is 611. The Kier molecular flexibility index (Phi) is 5.86. The Balaban J connectivity index is 2.22. The lowest BCUT2D eigenvalue weighted by Gasteiger charge is -2.23. The molecule has 132 valence electrons. The molecule has 0 radical (unpaired) electrons. The first kappa shape index (κ1) is 18.3. The molecule has 1 N–H and O–H groups in total. The van der Waals surface area contributed by atoms with E-state index in [2.05, 4.69) is 19.2 Å². The molecule has 0 fully saturated rings. The number of carbonyl (C=O) groups is 2. The molecule has 1 atom stereocenters. The van der Waals surface area contributed by atoms with Crippen LogP contribution in [0.5, 0.6) is 5.75 Å². The number of rotatable bonds is 5. The SMILES string of the molecule is CC(C)CCN1Cc2cc(NC(=O)C(C)C)ccc2OC(C)C1=O. The summed E-state index contributed by atoms with van der Waals surface area (Å²) < 4.78 is 5.81.